The number of nitrogens with zero attached hydrogens (tertiary/aromatic N) is 2. The van der Waals surface area contributed by atoms with Gasteiger partial charge < -0.3 is 9.71 Å². The third-order valence-electron chi connectivity index (χ3n) is 9.64. The summed E-state index contributed by atoms with van der Waals surface area (Å²) in [6.45, 7) is -0.0241. The number of thiophene rings is 1. The van der Waals surface area contributed by atoms with Gasteiger partial charge in [0.05, 0.1) is 0 Å². The maximum atomic E-state index is 2.67. The Morgan fingerprint density at radius 2 is 1.13 bits per heavy atom. The van der Waals surface area contributed by atoms with Crippen molar-refractivity contribution in [3.8, 4) is 22.3 Å². The summed E-state index contributed by atoms with van der Waals surface area (Å²) < 4.78 is 2.62. The van der Waals surface area contributed by atoms with Crippen molar-refractivity contribution in [2.24, 2.45) is 0 Å². The van der Waals surface area contributed by atoms with Gasteiger partial charge in [-0.1, -0.05) is 121 Å². The Morgan fingerprint density at radius 1 is 0.457 bits per heavy atom. The molecule has 0 spiro atoms. The van der Waals surface area contributed by atoms with Crippen molar-refractivity contribution in [2.75, 3.05) is 9.71 Å². The molecule has 8 aromatic rings. The summed E-state index contributed by atoms with van der Waals surface area (Å²) in [5, 5.41) is 2.63. The van der Waals surface area contributed by atoms with Gasteiger partial charge in [0.1, 0.15) is 0 Å². The molecule has 214 valence electrons. The molecule has 7 aromatic carbocycles. The van der Waals surface area contributed by atoms with E-state index in [9.17, 15) is 0 Å². The van der Waals surface area contributed by atoms with Gasteiger partial charge >= 0.3 is 6.85 Å². The Labute approximate surface area is 272 Å². The molecule has 10 rings (SSSR count). The number of fused-ring (bicyclic) bond motifs is 7. The van der Waals surface area contributed by atoms with Crippen molar-refractivity contribution in [2.45, 2.75) is 0 Å². The summed E-state index contributed by atoms with van der Waals surface area (Å²) in [5.41, 5.74) is 13.8. The fraction of sp³-hybridized carbons (Fsp3) is 0. The van der Waals surface area contributed by atoms with Gasteiger partial charge in [0.15, 0.2) is 0 Å². The smallest absolute Gasteiger partial charge is 0.333 e. The van der Waals surface area contributed by atoms with E-state index in [4.69, 9.17) is 0 Å². The first-order chi connectivity index (χ1) is 22.9. The molecular formula is C42H27BN2S. The molecule has 0 bridgehead atoms. The molecule has 0 saturated carbocycles. The summed E-state index contributed by atoms with van der Waals surface area (Å²) in [6, 6.07) is 60.1. The lowest BCUT2D eigenvalue weighted by molar-refractivity contribution is 1.27. The second kappa shape index (κ2) is 9.97. The van der Waals surface area contributed by atoms with E-state index in [0.717, 1.165) is 0 Å². The molecule has 0 fully saturated rings. The highest BCUT2D eigenvalue weighted by Gasteiger charge is 2.45. The molecule has 0 aliphatic carbocycles. The maximum Gasteiger partial charge on any atom is 0.333 e. The van der Waals surface area contributed by atoms with Crippen LogP contribution in [0.25, 0.3) is 42.4 Å². The van der Waals surface area contributed by atoms with Gasteiger partial charge in [0.2, 0.25) is 0 Å². The van der Waals surface area contributed by atoms with Crippen molar-refractivity contribution >= 4 is 77.7 Å². The average Bonchev–Trinajstić information content (AvgIpc) is 3.51. The number of anilines is 5. The number of para-hydroxylation sites is 3. The van der Waals surface area contributed by atoms with Crippen LogP contribution >= 0.6 is 11.3 Å². The van der Waals surface area contributed by atoms with Gasteiger partial charge in [-0.25, -0.2) is 0 Å². The first-order valence-corrected chi connectivity index (χ1v) is 16.6. The molecule has 4 heteroatoms. The van der Waals surface area contributed by atoms with E-state index in [1.165, 1.54) is 81.8 Å². The lowest BCUT2D eigenvalue weighted by atomic mass is 9.43. The lowest BCUT2D eigenvalue weighted by Gasteiger charge is -2.46. The van der Waals surface area contributed by atoms with E-state index >= 15 is 0 Å². The second-order valence-electron chi connectivity index (χ2n) is 12.1. The van der Waals surface area contributed by atoms with Crippen LogP contribution in [0.15, 0.2) is 164 Å². The van der Waals surface area contributed by atoms with Gasteiger partial charge in [-0.3, -0.25) is 0 Å². The SMILES string of the molecule is c1ccc(-c2ccc3sc4ccccc4c3c2N2B3c4ccccc4N(c4ccccc4)c4cccc(c43)-c3ccccc32)cc1. The van der Waals surface area contributed by atoms with Gasteiger partial charge in [-0.15, -0.1) is 11.3 Å². The standard InChI is InChI=1S/C42H27BN2S/c1-3-14-28(15-4-1)30-26-27-39-40(33-19-8-12-25-38(33)46-39)42(30)45-35-22-10-7-18-31(35)32-20-13-24-37-41(32)43(45)34-21-9-11-23-36(34)44(37)29-16-5-2-6-17-29/h1-27H. The normalized spacial score (nSPS) is 13.1. The van der Waals surface area contributed by atoms with Crippen LogP contribution in [-0.4, -0.2) is 6.85 Å². The molecule has 1 aromatic heterocycles. The Morgan fingerprint density at radius 3 is 2.00 bits per heavy atom. The molecule has 3 heterocycles. The van der Waals surface area contributed by atoms with Crippen LogP contribution in [-0.2, 0) is 0 Å². The molecule has 0 radical (unpaired) electrons. The summed E-state index contributed by atoms with van der Waals surface area (Å²) in [4.78, 5) is 5.13. The molecule has 0 atom stereocenters. The third kappa shape index (κ3) is 3.59. The van der Waals surface area contributed by atoms with Gasteiger partial charge in [0.25, 0.3) is 0 Å². The monoisotopic (exact) mass is 602 g/mol. The number of rotatable bonds is 3. The highest BCUT2D eigenvalue weighted by atomic mass is 32.1. The zero-order valence-electron chi connectivity index (χ0n) is 25.0. The highest BCUT2D eigenvalue weighted by molar-refractivity contribution is 7.26. The van der Waals surface area contributed by atoms with E-state index in [1.54, 1.807) is 0 Å². The van der Waals surface area contributed by atoms with E-state index in [-0.39, 0.29) is 6.85 Å². The third-order valence-corrected chi connectivity index (χ3v) is 10.8. The Balaban J connectivity index is 1.37. The fourth-order valence-electron chi connectivity index (χ4n) is 7.80. The summed E-state index contributed by atoms with van der Waals surface area (Å²) in [7, 11) is 0. The van der Waals surface area contributed by atoms with Crippen molar-refractivity contribution in [1.29, 1.82) is 0 Å². The Hall–Kier alpha value is -5.58. The van der Waals surface area contributed by atoms with Crippen molar-refractivity contribution < 1.29 is 0 Å². The number of hydrogen-bond donors (Lipinski definition) is 0. The van der Waals surface area contributed by atoms with E-state index in [0.29, 0.717) is 0 Å². The van der Waals surface area contributed by atoms with E-state index < -0.39 is 0 Å². The minimum Gasteiger partial charge on any atom is -0.375 e. The van der Waals surface area contributed by atoms with Crippen LogP contribution in [0.3, 0.4) is 0 Å². The van der Waals surface area contributed by atoms with E-state index in [2.05, 4.69) is 174 Å². The highest BCUT2D eigenvalue weighted by Crippen LogP contribution is 2.52. The summed E-state index contributed by atoms with van der Waals surface area (Å²) in [5.74, 6) is 0. The van der Waals surface area contributed by atoms with Crippen LogP contribution in [0, 0.1) is 0 Å². The van der Waals surface area contributed by atoms with Gasteiger partial charge in [-0.05, 0) is 64.5 Å². The number of hydrogen-bond acceptors (Lipinski definition) is 3. The lowest BCUT2D eigenvalue weighted by Crippen LogP contribution is -2.61. The quantitative estimate of drug-likeness (QED) is 0.186. The predicted molar refractivity (Wildman–Crippen MR) is 198 cm³/mol. The first kappa shape index (κ1) is 25.7. The maximum absolute atomic E-state index is 2.67. The van der Waals surface area contributed by atoms with Gasteiger partial charge in [0, 0.05) is 59.7 Å². The van der Waals surface area contributed by atoms with Crippen LogP contribution in [0.5, 0.6) is 0 Å². The van der Waals surface area contributed by atoms with Crippen LogP contribution in [0.2, 0.25) is 0 Å². The van der Waals surface area contributed by atoms with E-state index in [1.807, 2.05) is 11.3 Å². The zero-order chi connectivity index (χ0) is 30.2. The molecule has 46 heavy (non-hydrogen) atoms. The van der Waals surface area contributed by atoms with Crippen LogP contribution in [0.4, 0.5) is 28.4 Å². The predicted octanol–water partition coefficient (Wildman–Crippen LogP) is 10.4. The van der Waals surface area contributed by atoms with Crippen molar-refractivity contribution in [3.05, 3.63) is 164 Å². The number of benzene rings is 7. The summed E-state index contributed by atoms with van der Waals surface area (Å²) in [6.07, 6.45) is 0. The van der Waals surface area contributed by atoms with Crippen LogP contribution < -0.4 is 20.6 Å². The molecule has 0 N–H and O–H groups in total. The molecule has 0 saturated heterocycles. The Bertz CT molecular complexity index is 2450. The minimum atomic E-state index is -0.0241. The van der Waals surface area contributed by atoms with Crippen molar-refractivity contribution in [1.82, 2.24) is 0 Å². The molecule has 0 amide bonds. The molecule has 2 aliphatic rings. The zero-order valence-corrected chi connectivity index (χ0v) is 25.8. The first-order valence-electron chi connectivity index (χ1n) is 15.8. The topological polar surface area (TPSA) is 6.48 Å². The Kier molecular flexibility index (Phi) is 5.57. The van der Waals surface area contributed by atoms with Crippen LogP contribution in [0.1, 0.15) is 0 Å². The average molecular weight is 603 g/mol. The van der Waals surface area contributed by atoms with Crippen molar-refractivity contribution in [3.63, 3.8) is 0 Å². The molecule has 0 unspecified atom stereocenters. The summed E-state index contributed by atoms with van der Waals surface area (Å²) >= 11 is 1.88. The molecule has 2 aliphatic heterocycles. The second-order valence-corrected chi connectivity index (χ2v) is 13.1. The van der Waals surface area contributed by atoms with Gasteiger partial charge in [-0.2, -0.15) is 0 Å². The largest absolute Gasteiger partial charge is 0.375 e. The minimum absolute atomic E-state index is 0.0241. The molecule has 2 nitrogen and oxygen atoms in total. The fourth-order valence-corrected chi connectivity index (χ4v) is 8.91. The molecular weight excluding hydrogens is 575 g/mol.